The van der Waals surface area contributed by atoms with Crippen LogP contribution in [-0.2, 0) is 9.53 Å². The summed E-state index contributed by atoms with van der Waals surface area (Å²) in [6.45, 7) is 4.16. The van der Waals surface area contributed by atoms with Crippen LogP contribution in [0.2, 0.25) is 0 Å². The van der Waals surface area contributed by atoms with E-state index in [9.17, 15) is 9.59 Å². The van der Waals surface area contributed by atoms with Gasteiger partial charge in [-0.05, 0) is 12.5 Å². The molecule has 1 aliphatic rings. The summed E-state index contributed by atoms with van der Waals surface area (Å²) >= 11 is 0. The minimum atomic E-state index is -0.0571. The van der Waals surface area contributed by atoms with E-state index < -0.39 is 0 Å². The molecule has 2 aromatic rings. The Kier molecular flexibility index (Phi) is 7.16. The Morgan fingerprint density at radius 1 is 1.18 bits per heavy atom. The predicted molar refractivity (Wildman–Crippen MR) is 106 cm³/mol. The Morgan fingerprint density at radius 3 is 2.64 bits per heavy atom. The van der Waals surface area contributed by atoms with Gasteiger partial charge in [0.25, 0.3) is 5.91 Å². The molecule has 1 aliphatic heterocycles. The Bertz CT molecular complexity index is 769. The molecule has 2 heterocycles. The van der Waals surface area contributed by atoms with Crippen LogP contribution in [0, 0.1) is 0 Å². The van der Waals surface area contributed by atoms with E-state index in [4.69, 9.17) is 4.74 Å². The Labute approximate surface area is 164 Å². The number of hydrogen-bond acceptors (Lipinski definition) is 5. The highest BCUT2D eigenvalue weighted by molar-refractivity contribution is 5.93. The van der Waals surface area contributed by atoms with E-state index in [0.29, 0.717) is 51.6 Å². The van der Waals surface area contributed by atoms with Crippen LogP contribution < -0.4 is 5.32 Å². The third-order valence-electron chi connectivity index (χ3n) is 4.75. The third-order valence-corrected chi connectivity index (χ3v) is 4.75. The molecule has 0 spiro atoms. The van der Waals surface area contributed by atoms with Gasteiger partial charge in [0.05, 0.1) is 12.2 Å². The summed E-state index contributed by atoms with van der Waals surface area (Å²) in [7, 11) is 1.65. The van der Waals surface area contributed by atoms with Gasteiger partial charge < -0.3 is 15.0 Å². The van der Waals surface area contributed by atoms with Gasteiger partial charge in [-0.3, -0.25) is 19.6 Å². The summed E-state index contributed by atoms with van der Waals surface area (Å²) in [4.78, 5) is 28.6. The van der Waals surface area contributed by atoms with Gasteiger partial charge in [-0.1, -0.05) is 30.3 Å². The number of rotatable bonds is 8. The van der Waals surface area contributed by atoms with Gasteiger partial charge in [0.15, 0.2) is 0 Å². The first kappa shape index (κ1) is 20.0. The second kappa shape index (κ2) is 10.0. The number of carbonyl (C=O) groups is 2. The van der Waals surface area contributed by atoms with Crippen LogP contribution in [0.5, 0.6) is 0 Å². The fourth-order valence-corrected chi connectivity index (χ4v) is 3.17. The number of aromatic amines is 1. The zero-order valence-electron chi connectivity index (χ0n) is 16.2. The van der Waals surface area contributed by atoms with E-state index in [1.54, 1.807) is 18.1 Å². The van der Waals surface area contributed by atoms with E-state index >= 15 is 0 Å². The molecule has 8 nitrogen and oxygen atoms in total. The van der Waals surface area contributed by atoms with E-state index in [0.717, 1.165) is 17.7 Å². The van der Waals surface area contributed by atoms with Crippen molar-refractivity contribution >= 4 is 11.8 Å². The SMILES string of the molecule is COCCCNC(=O)CN1CCN(C(=O)c2cc(-c3ccccc3)n[nH]2)CC1. The molecule has 0 aliphatic carbocycles. The number of piperazine rings is 1. The first-order valence-corrected chi connectivity index (χ1v) is 9.55. The average Bonchev–Trinajstić information content (AvgIpc) is 3.22. The molecule has 1 saturated heterocycles. The van der Waals surface area contributed by atoms with Gasteiger partial charge in [-0.15, -0.1) is 0 Å². The molecule has 150 valence electrons. The maximum Gasteiger partial charge on any atom is 0.271 e. The fourth-order valence-electron chi connectivity index (χ4n) is 3.17. The second-order valence-electron chi connectivity index (χ2n) is 6.80. The second-order valence-corrected chi connectivity index (χ2v) is 6.80. The minimum Gasteiger partial charge on any atom is -0.385 e. The fraction of sp³-hybridized carbons (Fsp3) is 0.450. The summed E-state index contributed by atoms with van der Waals surface area (Å²) < 4.78 is 4.96. The Balaban J connectivity index is 1.45. The molecule has 2 amide bonds. The number of hydrogen-bond donors (Lipinski definition) is 2. The van der Waals surface area contributed by atoms with Crippen molar-refractivity contribution in [2.45, 2.75) is 6.42 Å². The molecule has 0 atom stereocenters. The lowest BCUT2D eigenvalue weighted by atomic mass is 10.1. The number of nitrogens with one attached hydrogen (secondary N) is 2. The van der Waals surface area contributed by atoms with Crippen LogP contribution in [-0.4, -0.2) is 84.8 Å². The molecule has 0 bridgehead atoms. The van der Waals surface area contributed by atoms with Gasteiger partial charge in [0.2, 0.25) is 5.91 Å². The maximum absolute atomic E-state index is 12.7. The third kappa shape index (κ3) is 5.40. The van der Waals surface area contributed by atoms with Crippen molar-refractivity contribution in [1.29, 1.82) is 0 Å². The smallest absolute Gasteiger partial charge is 0.271 e. The summed E-state index contributed by atoms with van der Waals surface area (Å²) in [5.74, 6) is -0.0460. The summed E-state index contributed by atoms with van der Waals surface area (Å²) in [6.07, 6.45) is 0.805. The largest absolute Gasteiger partial charge is 0.385 e. The molecule has 2 N–H and O–H groups in total. The van der Waals surface area contributed by atoms with Crippen molar-refractivity contribution in [1.82, 2.24) is 25.3 Å². The van der Waals surface area contributed by atoms with Crippen molar-refractivity contribution in [2.24, 2.45) is 0 Å². The number of benzene rings is 1. The minimum absolute atomic E-state index is 0.0111. The zero-order valence-corrected chi connectivity index (χ0v) is 16.2. The zero-order chi connectivity index (χ0) is 19.8. The molecule has 8 heteroatoms. The lowest BCUT2D eigenvalue weighted by molar-refractivity contribution is -0.122. The van der Waals surface area contributed by atoms with Gasteiger partial charge in [-0.25, -0.2) is 0 Å². The number of methoxy groups -OCH3 is 1. The van der Waals surface area contributed by atoms with Gasteiger partial charge in [0.1, 0.15) is 5.69 Å². The van der Waals surface area contributed by atoms with E-state index in [-0.39, 0.29) is 11.8 Å². The molecule has 0 unspecified atom stereocenters. The molecule has 1 aromatic carbocycles. The molecule has 1 aromatic heterocycles. The lowest BCUT2D eigenvalue weighted by Crippen LogP contribution is -2.51. The Hall–Kier alpha value is -2.71. The number of aromatic nitrogens is 2. The monoisotopic (exact) mass is 385 g/mol. The molecular weight excluding hydrogens is 358 g/mol. The normalized spacial score (nSPS) is 14.8. The van der Waals surface area contributed by atoms with Crippen LogP contribution in [0.4, 0.5) is 0 Å². The van der Waals surface area contributed by atoms with E-state index in [1.165, 1.54) is 0 Å². The lowest BCUT2D eigenvalue weighted by Gasteiger charge is -2.34. The molecule has 28 heavy (non-hydrogen) atoms. The Morgan fingerprint density at radius 2 is 1.93 bits per heavy atom. The summed E-state index contributed by atoms with van der Waals surface area (Å²) in [5, 5.41) is 9.99. The molecule has 1 fully saturated rings. The van der Waals surface area contributed by atoms with Crippen LogP contribution >= 0.6 is 0 Å². The van der Waals surface area contributed by atoms with Gasteiger partial charge >= 0.3 is 0 Å². The quantitative estimate of drug-likeness (QED) is 0.662. The van der Waals surface area contributed by atoms with Crippen molar-refractivity contribution in [3.8, 4) is 11.3 Å². The van der Waals surface area contributed by atoms with Crippen molar-refractivity contribution in [2.75, 3.05) is 53.0 Å². The highest BCUT2D eigenvalue weighted by Gasteiger charge is 2.24. The molecule has 0 saturated carbocycles. The molecule has 3 rings (SSSR count). The van der Waals surface area contributed by atoms with Crippen LogP contribution in [0.1, 0.15) is 16.9 Å². The van der Waals surface area contributed by atoms with E-state index in [1.807, 2.05) is 30.3 Å². The summed E-state index contributed by atoms with van der Waals surface area (Å²) in [5.41, 5.74) is 2.22. The van der Waals surface area contributed by atoms with Crippen LogP contribution in [0.15, 0.2) is 36.4 Å². The maximum atomic E-state index is 12.7. The number of amides is 2. The number of nitrogens with zero attached hydrogens (tertiary/aromatic N) is 3. The summed E-state index contributed by atoms with van der Waals surface area (Å²) in [6, 6.07) is 11.5. The van der Waals surface area contributed by atoms with E-state index in [2.05, 4.69) is 20.4 Å². The van der Waals surface area contributed by atoms with Gasteiger partial charge in [0, 0.05) is 52.0 Å². The molecular formula is C20H27N5O3. The predicted octanol–water partition coefficient (Wildman–Crippen LogP) is 0.987. The highest BCUT2D eigenvalue weighted by atomic mass is 16.5. The standard InChI is InChI=1S/C20H27N5O3/c1-28-13-5-8-21-19(26)15-24-9-11-25(12-10-24)20(27)18-14-17(22-23-18)16-6-3-2-4-7-16/h2-4,6-7,14H,5,8-13,15H2,1H3,(H,21,26)(H,22,23). The van der Waals surface area contributed by atoms with Gasteiger partial charge in [-0.2, -0.15) is 5.10 Å². The number of ether oxygens (including phenoxy) is 1. The number of H-pyrrole nitrogens is 1. The van der Waals surface area contributed by atoms with Crippen molar-refractivity contribution < 1.29 is 14.3 Å². The first-order chi connectivity index (χ1) is 13.7. The average molecular weight is 385 g/mol. The topological polar surface area (TPSA) is 90.6 Å². The van der Waals surface area contributed by atoms with Crippen molar-refractivity contribution in [3.05, 3.63) is 42.1 Å². The van der Waals surface area contributed by atoms with Crippen LogP contribution in [0.25, 0.3) is 11.3 Å². The molecule has 0 radical (unpaired) electrons. The first-order valence-electron chi connectivity index (χ1n) is 9.55. The number of carbonyl (C=O) groups excluding carboxylic acids is 2. The van der Waals surface area contributed by atoms with Crippen LogP contribution in [0.3, 0.4) is 0 Å². The highest BCUT2D eigenvalue weighted by Crippen LogP contribution is 2.18. The van der Waals surface area contributed by atoms with Crippen molar-refractivity contribution in [3.63, 3.8) is 0 Å².